The molecular weight excluding hydrogens is 484 g/mol. The third-order valence-corrected chi connectivity index (χ3v) is 7.49. The zero-order valence-corrected chi connectivity index (χ0v) is 22.3. The maximum atomic E-state index is 13.8. The number of benzene rings is 3. The Kier molecular flexibility index (Phi) is 9.24. The lowest BCUT2D eigenvalue weighted by atomic mass is 10.0. The Labute approximate surface area is 224 Å². The van der Waals surface area contributed by atoms with Crippen molar-refractivity contribution in [3.8, 4) is 5.75 Å². The lowest BCUT2D eigenvalue weighted by Crippen LogP contribution is -2.53. The van der Waals surface area contributed by atoms with Crippen LogP contribution in [0.5, 0.6) is 5.75 Å². The summed E-state index contributed by atoms with van der Waals surface area (Å²) in [5.41, 5.74) is 3.96. The molecular formula is C31H35ClN2O3. The van der Waals surface area contributed by atoms with Crippen LogP contribution >= 0.6 is 11.6 Å². The van der Waals surface area contributed by atoms with Gasteiger partial charge in [0.1, 0.15) is 11.8 Å². The van der Waals surface area contributed by atoms with Crippen molar-refractivity contribution in [2.24, 2.45) is 0 Å². The number of carbonyl (C=O) groups excluding carboxylic acids is 2. The fourth-order valence-electron chi connectivity index (χ4n) is 4.83. The number of aryl methyl sites for hydroxylation is 2. The van der Waals surface area contributed by atoms with Crippen LogP contribution in [0.2, 0.25) is 5.02 Å². The minimum absolute atomic E-state index is 0.111. The summed E-state index contributed by atoms with van der Waals surface area (Å²) in [6.07, 6.45) is 4.63. The van der Waals surface area contributed by atoms with Crippen LogP contribution in [0.3, 0.4) is 0 Å². The molecule has 1 aliphatic carbocycles. The molecule has 3 aromatic rings. The molecule has 0 bridgehead atoms. The second-order valence-corrected chi connectivity index (χ2v) is 10.3. The van der Waals surface area contributed by atoms with E-state index in [2.05, 4.69) is 5.32 Å². The predicted molar refractivity (Wildman–Crippen MR) is 148 cm³/mol. The Morgan fingerprint density at radius 3 is 2.38 bits per heavy atom. The van der Waals surface area contributed by atoms with E-state index in [0.29, 0.717) is 23.7 Å². The number of nitrogens with zero attached hydrogens (tertiary/aromatic N) is 1. The van der Waals surface area contributed by atoms with Crippen molar-refractivity contribution in [1.82, 2.24) is 10.2 Å². The average Bonchev–Trinajstić information content (AvgIpc) is 3.41. The first-order valence-electron chi connectivity index (χ1n) is 13.0. The van der Waals surface area contributed by atoms with Crippen LogP contribution in [0.1, 0.15) is 47.9 Å². The largest absolute Gasteiger partial charge is 0.484 e. The van der Waals surface area contributed by atoms with E-state index < -0.39 is 6.04 Å². The van der Waals surface area contributed by atoms with E-state index in [4.69, 9.17) is 16.3 Å². The van der Waals surface area contributed by atoms with Gasteiger partial charge in [0.25, 0.3) is 5.91 Å². The Balaban J connectivity index is 1.62. The smallest absolute Gasteiger partial charge is 0.261 e. The van der Waals surface area contributed by atoms with Crippen molar-refractivity contribution >= 4 is 23.4 Å². The maximum Gasteiger partial charge on any atom is 0.261 e. The van der Waals surface area contributed by atoms with Gasteiger partial charge in [-0.15, -0.1) is 0 Å². The molecule has 2 amide bonds. The minimum atomic E-state index is -0.661. The zero-order chi connectivity index (χ0) is 26.2. The van der Waals surface area contributed by atoms with E-state index in [0.717, 1.165) is 47.9 Å². The Morgan fingerprint density at radius 1 is 0.973 bits per heavy atom. The highest BCUT2D eigenvalue weighted by molar-refractivity contribution is 6.31. The molecule has 3 aromatic carbocycles. The fourth-order valence-corrected chi connectivity index (χ4v) is 4.95. The third kappa shape index (κ3) is 7.36. The number of amides is 2. The summed E-state index contributed by atoms with van der Waals surface area (Å²) in [5, 5.41) is 3.88. The van der Waals surface area contributed by atoms with Gasteiger partial charge in [-0.25, -0.2) is 0 Å². The Hall–Kier alpha value is -3.31. The molecule has 0 saturated heterocycles. The molecule has 0 aromatic heterocycles. The lowest BCUT2D eigenvalue weighted by Gasteiger charge is -2.32. The molecule has 37 heavy (non-hydrogen) atoms. The summed E-state index contributed by atoms with van der Waals surface area (Å²) >= 11 is 6.15. The summed E-state index contributed by atoms with van der Waals surface area (Å²) in [4.78, 5) is 29.2. The summed E-state index contributed by atoms with van der Waals surface area (Å²) in [6, 6.07) is 22.7. The van der Waals surface area contributed by atoms with Crippen LogP contribution in [0.4, 0.5) is 0 Å². The van der Waals surface area contributed by atoms with Crippen LogP contribution in [0.25, 0.3) is 0 Å². The van der Waals surface area contributed by atoms with E-state index in [-0.39, 0.29) is 24.5 Å². The topological polar surface area (TPSA) is 58.6 Å². The van der Waals surface area contributed by atoms with Gasteiger partial charge >= 0.3 is 0 Å². The molecule has 1 aliphatic rings. The van der Waals surface area contributed by atoms with Crippen LogP contribution in [0, 0.1) is 13.8 Å². The van der Waals surface area contributed by atoms with Crippen LogP contribution in [-0.4, -0.2) is 35.4 Å². The second-order valence-electron chi connectivity index (χ2n) is 9.84. The van der Waals surface area contributed by atoms with Gasteiger partial charge in [-0.2, -0.15) is 0 Å². The molecule has 194 valence electrons. The van der Waals surface area contributed by atoms with E-state index >= 15 is 0 Å². The molecule has 4 rings (SSSR count). The number of halogens is 1. The van der Waals surface area contributed by atoms with Crippen LogP contribution < -0.4 is 10.1 Å². The number of hydrogen-bond donors (Lipinski definition) is 1. The molecule has 5 nitrogen and oxygen atoms in total. The highest BCUT2D eigenvalue weighted by Crippen LogP contribution is 2.23. The molecule has 6 heteroatoms. The summed E-state index contributed by atoms with van der Waals surface area (Å²) < 4.78 is 5.88. The normalized spacial score (nSPS) is 14.2. The number of hydrogen-bond acceptors (Lipinski definition) is 3. The van der Waals surface area contributed by atoms with Gasteiger partial charge in [0.2, 0.25) is 5.91 Å². The van der Waals surface area contributed by atoms with E-state index in [9.17, 15) is 9.59 Å². The number of nitrogens with one attached hydrogen (secondary N) is 1. The van der Waals surface area contributed by atoms with Crippen molar-refractivity contribution in [3.05, 3.63) is 100 Å². The molecule has 1 fully saturated rings. The first-order chi connectivity index (χ1) is 17.9. The molecule has 0 spiro atoms. The van der Waals surface area contributed by atoms with Crippen molar-refractivity contribution in [2.75, 3.05) is 6.61 Å². The van der Waals surface area contributed by atoms with Gasteiger partial charge in [0, 0.05) is 24.0 Å². The quantitative estimate of drug-likeness (QED) is 0.356. The zero-order valence-electron chi connectivity index (χ0n) is 21.6. The van der Waals surface area contributed by atoms with Gasteiger partial charge in [0.15, 0.2) is 6.61 Å². The highest BCUT2D eigenvalue weighted by atomic mass is 35.5. The van der Waals surface area contributed by atoms with Crippen LogP contribution in [0.15, 0.2) is 72.8 Å². The average molecular weight is 519 g/mol. The first kappa shape index (κ1) is 26.7. The number of rotatable bonds is 10. The standard InChI is InChI=1S/C31H35ClN2O3/c1-22-10-6-7-13-25(22)20-34(30(35)21-37-27-16-17-28(32)23(2)18-27)29(19-24-11-4-3-5-12-24)31(36)33-26-14-8-9-15-26/h3-7,10-13,16-18,26,29H,8-9,14-15,19-21H2,1-2H3,(H,33,36)/t29-/m1/s1. The van der Waals surface area contributed by atoms with Crippen molar-refractivity contribution in [3.63, 3.8) is 0 Å². The van der Waals surface area contributed by atoms with E-state index in [1.807, 2.05) is 74.5 Å². The second kappa shape index (κ2) is 12.8. The highest BCUT2D eigenvalue weighted by Gasteiger charge is 2.32. The molecule has 0 unspecified atom stereocenters. The summed E-state index contributed by atoms with van der Waals surface area (Å²) in [5.74, 6) is 0.222. The Bertz CT molecular complexity index is 1210. The third-order valence-electron chi connectivity index (χ3n) is 7.07. The van der Waals surface area contributed by atoms with Gasteiger partial charge in [-0.3, -0.25) is 9.59 Å². The molecule has 1 N–H and O–H groups in total. The summed E-state index contributed by atoms with van der Waals surface area (Å²) in [6.45, 7) is 4.07. The van der Waals surface area contributed by atoms with E-state index in [1.165, 1.54) is 0 Å². The molecule has 1 atom stereocenters. The van der Waals surface area contributed by atoms with Crippen LogP contribution in [-0.2, 0) is 22.6 Å². The predicted octanol–water partition coefficient (Wildman–Crippen LogP) is 6.03. The molecule has 0 radical (unpaired) electrons. The van der Waals surface area contributed by atoms with Gasteiger partial charge in [0.05, 0.1) is 0 Å². The fraction of sp³-hybridized carbons (Fsp3) is 0.355. The number of carbonyl (C=O) groups is 2. The van der Waals surface area contributed by atoms with Gasteiger partial charge in [-0.1, -0.05) is 79.0 Å². The van der Waals surface area contributed by atoms with Crippen molar-refractivity contribution in [1.29, 1.82) is 0 Å². The monoisotopic (exact) mass is 518 g/mol. The SMILES string of the molecule is Cc1cc(OCC(=O)N(Cc2ccccc2C)[C@H](Cc2ccccc2)C(=O)NC2CCCC2)ccc1Cl. The lowest BCUT2D eigenvalue weighted by molar-refractivity contribution is -0.143. The minimum Gasteiger partial charge on any atom is -0.484 e. The molecule has 1 saturated carbocycles. The maximum absolute atomic E-state index is 13.8. The van der Waals surface area contributed by atoms with Gasteiger partial charge < -0.3 is 15.0 Å². The van der Waals surface area contributed by atoms with E-state index in [1.54, 1.807) is 17.0 Å². The first-order valence-corrected chi connectivity index (χ1v) is 13.4. The Morgan fingerprint density at radius 2 is 1.68 bits per heavy atom. The molecule has 0 aliphatic heterocycles. The van der Waals surface area contributed by atoms with Crippen molar-refractivity contribution < 1.29 is 14.3 Å². The van der Waals surface area contributed by atoms with Crippen molar-refractivity contribution in [2.45, 2.75) is 64.6 Å². The molecule has 0 heterocycles. The van der Waals surface area contributed by atoms with Gasteiger partial charge in [-0.05, 0) is 67.1 Å². The number of ether oxygens (including phenoxy) is 1. The summed E-state index contributed by atoms with van der Waals surface area (Å²) in [7, 11) is 0.